The molecule has 0 saturated carbocycles. The zero-order valence-electron chi connectivity index (χ0n) is 13.7. The van der Waals surface area contributed by atoms with E-state index in [2.05, 4.69) is 17.6 Å². The van der Waals surface area contributed by atoms with Crippen molar-refractivity contribution in [1.29, 1.82) is 0 Å². The van der Waals surface area contributed by atoms with Crippen molar-refractivity contribution in [2.24, 2.45) is 5.92 Å². The summed E-state index contributed by atoms with van der Waals surface area (Å²) in [6.45, 7) is 7.92. The second-order valence-electron chi connectivity index (χ2n) is 5.96. The molecule has 0 spiro atoms. The van der Waals surface area contributed by atoms with Gasteiger partial charge in [-0.2, -0.15) is 0 Å². The fourth-order valence-electron chi connectivity index (χ4n) is 2.27. The zero-order valence-corrected chi connectivity index (χ0v) is 14.5. The van der Waals surface area contributed by atoms with Crippen molar-refractivity contribution in [2.45, 2.75) is 53.0 Å². The van der Waals surface area contributed by atoms with Crippen molar-refractivity contribution in [3.63, 3.8) is 0 Å². The number of hydrogen-bond acceptors (Lipinski definition) is 2. The Morgan fingerprint density at radius 2 is 1.91 bits per heavy atom. The van der Waals surface area contributed by atoms with Crippen LogP contribution in [-0.2, 0) is 4.79 Å². The SMILES string of the molecule is CCCC(C)CC(=O)Nc1cc(Cl)ccc1C(=O)NC(C)C. The molecule has 22 heavy (non-hydrogen) atoms. The zero-order chi connectivity index (χ0) is 16.7. The van der Waals surface area contributed by atoms with E-state index in [1.165, 1.54) is 0 Å². The van der Waals surface area contributed by atoms with Crippen molar-refractivity contribution >= 4 is 29.1 Å². The number of anilines is 1. The lowest BCUT2D eigenvalue weighted by Gasteiger charge is -2.15. The van der Waals surface area contributed by atoms with Crippen LogP contribution in [0, 0.1) is 5.92 Å². The molecule has 1 rings (SSSR count). The average Bonchev–Trinajstić information content (AvgIpc) is 2.37. The number of halogens is 1. The molecule has 0 aliphatic rings. The highest BCUT2D eigenvalue weighted by molar-refractivity contribution is 6.31. The van der Waals surface area contributed by atoms with Gasteiger partial charge in [-0.15, -0.1) is 0 Å². The van der Waals surface area contributed by atoms with Gasteiger partial charge in [0.2, 0.25) is 5.91 Å². The molecule has 0 aromatic heterocycles. The van der Waals surface area contributed by atoms with E-state index >= 15 is 0 Å². The Balaban J connectivity index is 2.86. The lowest BCUT2D eigenvalue weighted by Crippen LogP contribution is -2.31. The number of carbonyl (C=O) groups is 2. The van der Waals surface area contributed by atoms with Gasteiger partial charge in [0.15, 0.2) is 0 Å². The molecule has 0 fully saturated rings. The normalized spacial score (nSPS) is 12.1. The summed E-state index contributed by atoms with van der Waals surface area (Å²) in [7, 11) is 0. The summed E-state index contributed by atoms with van der Waals surface area (Å²) in [4.78, 5) is 24.3. The highest BCUT2D eigenvalue weighted by Crippen LogP contribution is 2.22. The van der Waals surface area contributed by atoms with Crippen LogP contribution in [0.1, 0.15) is 57.3 Å². The number of rotatable bonds is 7. The molecule has 2 N–H and O–H groups in total. The Kier molecular flexibility index (Phi) is 7.39. The van der Waals surface area contributed by atoms with E-state index in [-0.39, 0.29) is 17.9 Å². The molecule has 122 valence electrons. The Morgan fingerprint density at radius 1 is 1.23 bits per heavy atom. The van der Waals surface area contributed by atoms with Crippen LogP contribution in [0.4, 0.5) is 5.69 Å². The van der Waals surface area contributed by atoms with Crippen LogP contribution >= 0.6 is 11.6 Å². The highest BCUT2D eigenvalue weighted by atomic mass is 35.5. The predicted molar refractivity (Wildman–Crippen MR) is 91.4 cm³/mol. The number of carbonyl (C=O) groups excluding carboxylic acids is 2. The van der Waals surface area contributed by atoms with Crippen molar-refractivity contribution in [2.75, 3.05) is 5.32 Å². The van der Waals surface area contributed by atoms with Gasteiger partial charge in [-0.3, -0.25) is 9.59 Å². The summed E-state index contributed by atoms with van der Waals surface area (Å²) in [5.74, 6) is 0.00233. The first-order chi connectivity index (χ1) is 10.3. The van der Waals surface area contributed by atoms with Crippen LogP contribution < -0.4 is 10.6 Å². The summed E-state index contributed by atoms with van der Waals surface area (Å²) >= 11 is 5.98. The topological polar surface area (TPSA) is 58.2 Å². The van der Waals surface area contributed by atoms with Gasteiger partial charge in [0, 0.05) is 17.5 Å². The largest absolute Gasteiger partial charge is 0.350 e. The Hall–Kier alpha value is -1.55. The molecular formula is C17H25ClN2O2. The van der Waals surface area contributed by atoms with Gasteiger partial charge in [-0.05, 0) is 38.0 Å². The lowest BCUT2D eigenvalue weighted by molar-refractivity contribution is -0.117. The molecule has 5 heteroatoms. The smallest absolute Gasteiger partial charge is 0.253 e. The summed E-state index contributed by atoms with van der Waals surface area (Å²) in [6.07, 6.45) is 2.49. The third-order valence-electron chi connectivity index (χ3n) is 3.24. The van der Waals surface area contributed by atoms with Crippen molar-refractivity contribution in [3.05, 3.63) is 28.8 Å². The van der Waals surface area contributed by atoms with E-state index in [1.807, 2.05) is 20.8 Å². The second-order valence-corrected chi connectivity index (χ2v) is 6.40. The maximum absolute atomic E-state index is 12.2. The molecule has 1 unspecified atom stereocenters. The fraction of sp³-hybridized carbons (Fsp3) is 0.529. The van der Waals surface area contributed by atoms with Crippen LogP contribution in [-0.4, -0.2) is 17.9 Å². The summed E-state index contributed by atoms with van der Waals surface area (Å²) in [5, 5.41) is 6.11. The first-order valence-corrected chi connectivity index (χ1v) is 8.11. The van der Waals surface area contributed by atoms with Gasteiger partial charge >= 0.3 is 0 Å². The molecule has 1 aromatic rings. The van der Waals surface area contributed by atoms with Crippen LogP contribution in [0.15, 0.2) is 18.2 Å². The molecule has 1 aromatic carbocycles. The number of hydrogen-bond donors (Lipinski definition) is 2. The maximum atomic E-state index is 12.2. The standard InChI is InChI=1S/C17H25ClN2O2/c1-5-6-12(4)9-16(21)20-15-10-13(18)7-8-14(15)17(22)19-11(2)3/h7-8,10-12H,5-6,9H2,1-4H3,(H,19,22)(H,20,21). The molecule has 0 radical (unpaired) electrons. The summed E-state index contributed by atoms with van der Waals surface area (Å²) < 4.78 is 0. The lowest BCUT2D eigenvalue weighted by atomic mass is 10.0. The van der Waals surface area contributed by atoms with Gasteiger partial charge in [0.1, 0.15) is 0 Å². The monoisotopic (exact) mass is 324 g/mol. The molecule has 0 heterocycles. The number of amides is 2. The van der Waals surface area contributed by atoms with Crippen molar-refractivity contribution in [1.82, 2.24) is 5.32 Å². The molecule has 0 aliphatic heterocycles. The molecular weight excluding hydrogens is 300 g/mol. The van der Waals surface area contributed by atoms with Crippen molar-refractivity contribution in [3.8, 4) is 0 Å². The molecule has 1 atom stereocenters. The van der Waals surface area contributed by atoms with E-state index < -0.39 is 0 Å². The minimum Gasteiger partial charge on any atom is -0.350 e. The third-order valence-corrected chi connectivity index (χ3v) is 3.47. The van der Waals surface area contributed by atoms with Crippen LogP contribution in [0.25, 0.3) is 0 Å². The quantitative estimate of drug-likeness (QED) is 0.788. The molecule has 0 saturated heterocycles. The fourth-order valence-corrected chi connectivity index (χ4v) is 2.44. The van der Waals surface area contributed by atoms with Crippen LogP contribution in [0.2, 0.25) is 5.02 Å². The summed E-state index contributed by atoms with van der Waals surface area (Å²) in [5.41, 5.74) is 0.883. The summed E-state index contributed by atoms with van der Waals surface area (Å²) in [6, 6.07) is 4.91. The van der Waals surface area contributed by atoms with Gasteiger partial charge in [0.25, 0.3) is 5.91 Å². The first-order valence-electron chi connectivity index (χ1n) is 7.73. The Bertz CT molecular complexity index is 529. The average molecular weight is 325 g/mol. The Morgan fingerprint density at radius 3 is 2.50 bits per heavy atom. The van der Waals surface area contributed by atoms with E-state index in [4.69, 9.17) is 11.6 Å². The van der Waals surface area contributed by atoms with E-state index in [1.54, 1.807) is 18.2 Å². The van der Waals surface area contributed by atoms with E-state index in [0.717, 1.165) is 12.8 Å². The first kappa shape index (κ1) is 18.5. The predicted octanol–water partition coefficient (Wildman–Crippen LogP) is 4.24. The highest BCUT2D eigenvalue weighted by Gasteiger charge is 2.16. The van der Waals surface area contributed by atoms with Crippen LogP contribution in [0.3, 0.4) is 0 Å². The Labute approximate surface area is 137 Å². The number of nitrogens with one attached hydrogen (secondary N) is 2. The molecule has 0 aliphatic carbocycles. The van der Waals surface area contributed by atoms with Crippen LogP contribution in [0.5, 0.6) is 0 Å². The van der Waals surface area contributed by atoms with Crippen molar-refractivity contribution < 1.29 is 9.59 Å². The minimum absolute atomic E-state index is 0.0244. The van der Waals surface area contributed by atoms with Gasteiger partial charge in [-0.25, -0.2) is 0 Å². The van der Waals surface area contributed by atoms with E-state index in [0.29, 0.717) is 28.6 Å². The van der Waals surface area contributed by atoms with Gasteiger partial charge in [0.05, 0.1) is 11.3 Å². The van der Waals surface area contributed by atoms with Gasteiger partial charge < -0.3 is 10.6 Å². The molecule has 2 amide bonds. The second kappa shape index (κ2) is 8.79. The van der Waals surface area contributed by atoms with Gasteiger partial charge in [-0.1, -0.05) is 38.3 Å². The number of benzene rings is 1. The maximum Gasteiger partial charge on any atom is 0.253 e. The third kappa shape index (κ3) is 6.06. The molecule has 0 bridgehead atoms. The minimum atomic E-state index is -0.219. The van der Waals surface area contributed by atoms with E-state index in [9.17, 15) is 9.59 Å². The molecule has 4 nitrogen and oxygen atoms in total.